The molecule has 1 aliphatic carbocycles. The molecule has 0 saturated heterocycles. The summed E-state index contributed by atoms with van der Waals surface area (Å²) in [6.07, 6.45) is 0. The predicted molar refractivity (Wildman–Crippen MR) is 232 cm³/mol. The maximum Gasteiger partial charge on any atom is 0.136 e. The van der Waals surface area contributed by atoms with Gasteiger partial charge in [0.05, 0.1) is 5.69 Å². The van der Waals surface area contributed by atoms with Crippen LogP contribution in [-0.4, -0.2) is 0 Å². The molecule has 1 aliphatic rings. The summed E-state index contributed by atoms with van der Waals surface area (Å²) in [6.45, 7) is 4.71. The maximum atomic E-state index is 6.25. The highest BCUT2D eigenvalue weighted by Crippen LogP contribution is 2.54. The van der Waals surface area contributed by atoms with Gasteiger partial charge < -0.3 is 9.32 Å². The van der Waals surface area contributed by atoms with Gasteiger partial charge in [0.15, 0.2) is 0 Å². The van der Waals surface area contributed by atoms with Crippen molar-refractivity contribution in [1.82, 2.24) is 0 Å². The van der Waals surface area contributed by atoms with Crippen LogP contribution < -0.4 is 4.90 Å². The van der Waals surface area contributed by atoms with Crippen molar-refractivity contribution < 1.29 is 4.42 Å². The van der Waals surface area contributed by atoms with E-state index in [9.17, 15) is 0 Å². The number of fused-ring (bicyclic) bond motifs is 8. The van der Waals surface area contributed by atoms with Gasteiger partial charge in [0.1, 0.15) is 11.2 Å². The lowest BCUT2D eigenvalue weighted by Crippen LogP contribution is -2.16. The molecular formula is C53H37NO. The molecule has 0 saturated carbocycles. The van der Waals surface area contributed by atoms with Crippen LogP contribution in [0.15, 0.2) is 192 Å². The van der Waals surface area contributed by atoms with Gasteiger partial charge >= 0.3 is 0 Å². The third-order valence-electron chi connectivity index (χ3n) is 11.8. The Morgan fingerprint density at radius 2 is 1.05 bits per heavy atom. The second kappa shape index (κ2) is 12.1. The molecule has 11 rings (SSSR count). The van der Waals surface area contributed by atoms with E-state index in [4.69, 9.17) is 4.42 Å². The molecule has 1 aromatic heterocycles. The van der Waals surface area contributed by atoms with E-state index in [0.717, 1.165) is 33.3 Å². The van der Waals surface area contributed by atoms with E-state index in [2.05, 4.69) is 195 Å². The highest BCUT2D eigenvalue weighted by Gasteiger charge is 2.37. The molecule has 2 heteroatoms. The molecule has 55 heavy (non-hydrogen) atoms. The smallest absolute Gasteiger partial charge is 0.136 e. The number of para-hydroxylation sites is 1. The summed E-state index contributed by atoms with van der Waals surface area (Å²) >= 11 is 0. The molecule has 0 spiro atoms. The lowest BCUT2D eigenvalue weighted by molar-refractivity contribution is 0.660. The standard InChI is InChI=1S/C53H37NO/c1-53(2)47-23-7-5-20-44(47)52-48(53)24-12-25-49(52)54(39-17-9-15-36(31-39)42-22-10-14-34-13-3-4-18-40(34)42)38-29-27-35(28-30-38)41-21-11-16-37-32-51-46(33-45(37)41)43-19-6-8-26-50(43)55-51/h3-33H,1-2H3. The fraction of sp³-hybridized carbons (Fsp3) is 0.0566. The molecule has 0 radical (unpaired) electrons. The Hall–Kier alpha value is -6.90. The van der Waals surface area contributed by atoms with Gasteiger partial charge in [0.2, 0.25) is 0 Å². The van der Waals surface area contributed by atoms with Gasteiger partial charge in [0, 0.05) is 33.1 Å². The fourth-order valence-electron chi connectivity index (χ4n) is 9.18. The Bertz CT molecular complexity index is 3120. The van der Waals surface area contributed by atoms with Gasteiger partial charge in [-0.1, -0.05) is 153 Å². The molecule has 0 fully saturated rings. The Morgan fingerprint density at radius 3 is 1.93 bits per heavy atom. The summed E-state index contributed by atoms with van der Waals surface area (Å²) < 4.78 is 6.25. The van der Waals surface area contributed by atoms with Crippen LogP contribution in [-0.2, 0) is 5.41 Å². The number of furan rings is 1. The topological polar surface area (TPSA) is 16.4 Å². The molecule has 0 atom stereocenters. The van der Waals surface area contributed by atoms with Crippen molar-refractivity contribution in [3.63, 3.8) is 0 Å². The zero-order valence-electron chi connectivity index (χ0n) is 30.8. The van der Waals surface area contributed by atoms with E-state index >= 15 is 0 Å². The minimum absolute atomic E-state index is 0.109. The summed E-state index contributed by atoms with van der Waals surface area (Å²) in [5.74, 6) is 0. The summed E-state index contributed by atoms with van der Waals surface area (Å²) in [6, 6.07) is 68.6. The number of anilines is 3. The minimum atomic E-state index is -0.109. The van der Waals surface area contributed by atoms with E-state index in [0.29, 0.717) is 0 Å². The Morgan fingerprint density at radius 1 is 0.400 bits per heavy atom. The van der Waals surface area contributed by atoms with E-state index in [1.54, 1.807) is 0 Å². The van der Waals surface area contributed by atoms with Gasteiger partial charge in [-0.05, 0) is 109 Å². The van der Waals surface area contributed by atoms with Crippen LogP contribution in [0.2, 0.25) is 0 Å². The lowest BCUT2D eigenvalue weighted by atomic mass is 9.82. The highest BCUT2D eigenvalue weighted by atomic mass is 16.3. The zero-order chi connectivity index (χ0) is 36.7. The average Bonchev–Trinajstić information content (AvgIpc) is 3.71. The predicted octanol–water partition coefficient (Wildman–Crippen LogP) is 15.0. The molecule has 10 aromatic rings. The van der Waals surface area contributed by atoms with E-state index in [1.165, 1.54) is 71.7 Å². The van der Waals surface area contributed by atoms with Gasteiger partial charge in [-0.3, -0.25) is 0 Å². The highest BCUT2D eigenvalue weighted by molar-refractivity contribution is 6.12. The summed E-state index contributed by atoms with van der Waals surface area (Å²) in [7, 11) is 0. The summed E-state index contributed by atoms with van der Waals surface area (Å²) in [4.78, 5) is 2.46. The van der Waals surface area contributed by atoms with E-state index in [1.807, 2.05) is 12.1 Å². The van der Waals surface area contributed by atoms with E-state index < -0.39 is 0 Å². The Kier molecular flexibility index (Phi) is 6.93. The van der Waals surface area contributed by atoms with Crippen molar-refractivity contribution in [3.8, 4) is 33.4 Å². The molecule has 0 bridgehead atoms. The molecule has 260 valence electrons. The SMILES string of the molecule is CC1(C)c2ccccc2-c2c(N(c3ccc(-c4cccc5cc6oc7ccccc7c6cc45)cc3)c3cccc(-c4cccc5ccccc45)c3)cccc21. The van der Waals surface area contributed by atoms with Crippen molar-refractivity contribution in [3.05, 3.63) is 199 Å². The molecule has 0 unspecified atom stereocenters. The third kappa shape index (κ3) is 4.88. The molecule has 0 N–H and O–H groups in total. The van der Waals surface area contributed by atoms with Crippen LogP contribution in [0, 0.1) is 0 Å². The molecule has 9 aromatic carbocycles. The number of rotatable bonds is 5. The van der Waals surface area contributed by atoms with Crippen LogP contribution in [0.4, 0.5) is 17.1 Å². The van der Waals surface area contributed by atoms with Crippen LogP contribution in [0.25, 0.3) is 76.9 Å². The molecule has 2 nitrogen and oxygen atoms in total. The quantitative estimate of drug-likeness (QED) is 0.177. The van der Waals surface area contributed by atoms with Gasteiger partial charge in [-0.2, -0.15) is 0 Å². The first-order valence-electron chi connectivity index (χ1n) is 19.1. The second-order valence-electron chi connectivity index (χ2n) is 15.3. The van der Waals surface area contributed by atoms with E-state index in [-0.39, 0.29) is 5.41 Å². The first-order valence-corrected chi connectivity index (χ1v) is 19.1. The van der Waals surface area contributed by atoms with Crippen LogP contribution >= 0.6 is 0 Å². The van der Waals surface area contributed by atoms with Crippen molar-refractivity contribution in [1.29, 1.82) is 0 Å². The van der Waals surface area contributed by atoms with Gasteiger partial charge in [0.25, 0.3) is 0 Å². The number of hydrogen-bond acceptors (Lipinski definition) is 2. The van der Waals surface area contributed by atoms with Crippen LogP contribution in [0.5, 0.6) is 0 Å². The molecule has 0 aliphatic heterocycles. The second-order valence-corrected chi connectivity index (χ2v) is 15.3. The first kappa shape index (κ1) is 31.6. The number of nitrogens with zero attached hydrogens (tertiary/aromatic N) is 1. The normalized spacial score (nSPS) is 13.1. The minimum Gasteiger partial charge on any atom is -0.456 e. The molecule has 0 amide bonds. The fourth-order valence-corrected chi connectivity index (χ4v) is 9.18. The molecular weight excluding hydrogens is 667 g/mol. The Balaban J connectivity index is 1.10. The number of hydrogen-bond donors (Lipinski definition) is 0. The van der Waals surface area contributed by atoms with Crippen LogP contribution in [0.3, 0.4) is 0 Å². The first-order chi connectivity index (χ1) is 27.0. The van der Waals surface area contributed by atoms with Crippen molar-refractivity contribution in [2.24, 2.45) is 0 Å². The summed E-state index contributed by atoms with van der Waals surface area (Å²) in [5, 5.41) is 7.17. The Labute approximate surface area is 320 Å². The zero-order valence-corrected chi connectivity index (χ0v) is 30.8. The summed E-state index contributed by atoms with van der Waals surface area (Å²) in [5.41, 5.74) is 15.3. The van der Waals surface area contributed by atoms with Gasteiger partial charge in [-0.15, -0.1) is 0 Å². The van der Waals surface area contributed by atoms with Crippen molar-refractivity contribution in [2.45, 2.75) is 19.3 Å². The van der Waals surface area contributed by atoms with Crippen LogP contribution in [0.1, 0.15) is 25.0 Å². The lowest BCUT2D eigenvalue weighted by Gasteiger charge is -2.29. The average molecular weight is 704 g/mol. The molecule has 1 heterocycles. The largest absolute Gasteiger partial charge is 0.456 e. The van der Waals surface area contributed by atoms with Crippen molar-refractivity contribution in [2.75, 3.05) is 4.90 Å². The monoisotopic (exact) mass is 703 g/mol. The number of benzene rings is 9. The third-order valence-corrected chi connectivity index (χ3v) is 11.8. The van der Waals surface area contributed by atoms with Gasteiger partial charge in [-0.25, -0.2) is 0 Å². The van der Waals surface area contributed by atoms with Crippen molar-refractivity contribution >= 4 is 60.5 Å². The maximum absolute atomic E-state index is 6.25.